The largest absolute Gasteiger partial charge is 0.370 e. The van der Waals surface area contributed by atoms with E-state index in [0.717, 1.165) is 37.7 Å². The van der Waals surface area contributed by atoms with E-state index in [0.29, 0.717) is 6.07 Å². The second-order valence-corrected chi connectivity index (χ2v) is 5.63. The van der Waals surface area contributed by atoms with Crippen molar-refractivity contribution >= 4 is 17.4 Å². The molecule has 7 heteroatoms. The Morgan fingerprint density at radius 3 is 2.42 bits per heavy atom. The third-order valence-corrected chi connectivity index (χ3v) is 3.99. The molecule has 0 bridgehead atoms. The molecule has 1 fully saturated rings. The average Bonchev–Trinajstić information content (AvgIpc) is 2.61. The number of amides is 1. The molecule has 0 saturated carbocycles. The van der Waals surface area contributed by atoms with Gasteiger partial charge in [0.1, 0.15) is 5.82 Å². The minimum absolute atomic E-state index is 0.213. The molecule has 3 rings (SSSR count). The molecule has 24 heavy (non-hydrogen) atoms. The summed E-state index contributed by atoms with van der Waals surface area (Å²) in [7, 11) is 0. The molecule has 2 heterocycles. The number of hydrogen-bond acceptors (Lipinski definition) is 3. The summed E-state index contributed by atoms with van der Waals surface area (Å²) in [5, 5.41) is 2.38. The van der Waals surface area contributed by atoms with Crippen molar-refractivity contribution in [2.24, 2.45) is 0 Å². The molecular formula is C17H16F3N3O. The molecule has 1 aliphatic heterocycles. The smallest absolute Gasteiger partial charge is 0.259 e. The molecule has 2 aromatic rings. The number of benzene rings is 1. The lowest BCUT2D eigenvalue weighted by molar-refractivity contribution is 0.102. The highest BCUT2D eigenvalue weighted by Crippen LogP contribution is 2.21. The maximum atomic E-state index is 13.6. The minimum Gasteiger partial charge on any atom is -0.370 e. The highest BCUT2D eigenvalue weighted by molar-refractivity contribution is 6.04. The predicted molar refractivity (Wildman–Crippen MR) is 84.6 cm³/mol. The second-order valence-electron chi connectivity index (χ2n) is 5.63. The van der Waals surface area contributed by atoms with E-state index in [4.69, 9.17) is 0 Å². The van der Waals surface area contributed by atoms with E-state index in [1.165, 1.54) is 6.42 Å². The van der Waals surface area contributed by atoms with Crippen molar-refractivity contribution in [3.8, 4) is 0 Å². The Kier molecular flexibility index (Phi) is 4.69. The summed E-state index contributed by atoms with van der Waals surface area (Å²) in [6.07, 6.45) is 5.11. The third-order valence-electron chi connectivity index (χ3n) is 3.99. The van der Waals surface area contributed by atoms with Gasteiger partial charge in [0.2, 0.25) is 0 Å². The summed E-state index contributed by atoms with van der Waals surface area (Å²) in [6, 6.07) is 5.01. The Labute approximate surface area is 137 Å². The molecule has 1 amide bonds. The number of pyridine rings is 1. The highest BCUT2D eigenvalue weighted by Gasteiger charge is 2.19. The van der Waals surface area contributed by atoms with Gasteiger partial charge in [-0.05, 0) is 43.5 Å². The quantitative estimate of drug-likeness (QED) is 0.869. The van der Waals surface area contributed by atoms with Crippen molar-refractivity contribution in [3.05, 3.63) is 53.5 Å². The van der Waals surface area contributed by atoms with Gasteiger partial charge in [-0.25, -0.2) is 18.2 Å². The average molecular weight is 335 g/mol. The van der Waals surface area contributed by atoms with E-state index in [-0.39, 0.29) is 5.82 Å². The van der Waals surface area contributed by atoms with Crippen molar-refractivity contribution in [2.75, 3.05) is 23.3 Å². The summed E-state index contributed by atoms with van der Waals surface area (Å²) in [5.74, 6) is -5.20. The van der Waals surface area contributed by atoms with E-state index in [2.05, 4.69) is 15.2 Å². The monoisotopic (exact) mass is 335 g/mol. The number of anilines is 2. The lowest BCUT2D eigenvalue weighted by Gasteiger charge is -2.28. The molecule has 1 saturated heterocycles. The van der Waals surface area contributed by atoms with Gasteiger partial charge in [-0.15, -0.1) is 0 Å². The van der Waals surface area contributed by atoms with Crippen molar-refractivity contribution in [2.45, 2.75) is 19.3 Å². The number of piperidine rings is 1. The van der Waals surface area contributed by atoms with Crippen molar-refractivity contribution < 1.29 is 18.0 Å². The van der Waals surface area contributed by atoms with Gasteiger partial charge in [-0.3, -0.25) is 4.79 Å². The van der Waals surface area contributed by atoms with Crippen LogP contribution in [0.1, 0.15) is 29.6 Å². The standard InChI is InChI=1S/C17H16F3N3O/c18-13-6-5-12(15(19)16(13)20)17(24)22-14-7-4-11(10-21-14)23-8-2-1-3-9-23/h4-7,10H,1-3,8-9H2,(H,21,22,24). The number of hydrogen-bond donors (Lipinski definition) is 1. The first-order chi connectivity index (χ1) is 11.6. The summed E-state index contributed by atoms with van der Waals surface area (Å²) < 4.78 is 39.7. The van der Waals surface area contributed by atoms with E-state index in [9.17, 15) is 18.0 Å². The molecule has 0 radical (unpaired) electrons. The maximum Gasteiger partial charge on any atom is 0.259 e. The predicted octanol–water partition coefficient (Wildman–Crippen LogP) is 3.74. The topological polar surface area (TPSA) is 45.2 Å². The SMILES string of the molecule is O=C(Nc1ccc(N2CCCCC2)cn1)c1ccc(F)c(F)c1F. The molecule has 0 spiro atoms. The number of nitrogens with one attached hydrogen (secondary N) is 1. The number of aromatic nitrogens is 1. The fourth-order valence-electron chi connectivity index (χ4n) is 2.68. The van der Waals surface area contributed by atoms with Crippen LogP contribution in [0.15, 0.2) is 30.5 Å². The van der Waals surface area contributed by atoms with E-state index < -0.39 is 28.9 Å². The normalized spacial score (nSPS) is 14.5. The van der Waals surface area contributed by atoms with E-state index in [1.54, 1.807) is 12.3 Å². The van der Waals surface area contributed by atoms with Gasteiger partial charge in [0.15, 0.2) is 17.5 Å². The third kappa shape index (κ3) is 3.34. The Balaban J connectivity index is 1.72. The molecule has 126 valence electrons. The number of halogens is 3. The zero-order chi connectivity index (χ0) is 17.1. The summed E-state index contributed by atoms with van der Waals surface area (Å²) in [4.78, 5) is 18.3. The van der Waals surface area contributed by atoms with E-state index >= 15 is 0 Å². The van der Waals surface area contributed by atoms with Crippen molar-refractivity contribution in [3.63, 3.8) is 0 Å². The van der Waals surface area contributed by atoms with Gasteiger partial charge in [-0.1, -0.05) is 0 Å². The zero-order valence-electron chi connectivity index (χ0n) is 12.9. The lowest BCUT2D eigenvalue weighted by atomic mass is 10.1. The molecule has 0 aliphatic carbocycles. The number of rotatable bonds is 3. The first-order valence-electron chi connectivity index (χ1n) is 7.72. The van der Waals surface area contributed by atoms with Crippen molar-refractivity contribution in [1.29, 1.82) is 0 Å². The van der Waals surface area contributed by atoms with Gasteiger partial charge in [0.25, 0.3) is 5.91 Å². The highest BCUT2D eigenvalue weighted by atomic mass is 19.2. The molecule has 4 nitrogen and oxygen atoms in total. The van der Waals surface area contributed by atoms with Gasteiger partial charge in [0.05, 0.1) is 17.4 Å². The van der Waals surface area contributed by atoms with Crippen LogP contribution < -0.4 is 10.2 Å². The maximum absolute atomic E-state index is 13.6. The number of carbonyl (C=O) groups excluding carboxylic acids is 1. The molecule has 1 aromatic heterocycles. The van der Waals surface area contributed by atoms with Gasteiger partial charge in [0, 0.05) is 13.1 Å². The molecule has 1 aliphatic rings. The van der Waals surface area contributed by atoms with Crippen LogP contribution in [0.4, 0.5) is 24.7 Å². The Hall–Kier alpha value is -2.57. The molecule has 1 N–H and O–H groups in total. The van der Waals surface area contributed by atoms with Crippen LogP contribution in [0.2, 0.25) is 0 Å². The van der Waals surface area contributed by atoms with Crippen LogP contribution >= 0.6 is 0 Å². The molecule has 1 aromatic carbocycles. The van der Waals surface area contributed by atoms with Gasteiger partial charge >= 0.3 is 0 Å². The fraction of sp³-hybridized carbons (Fsp3) is 0.294. The zero-order valence-corrected chi connectivity index (χ0v) is 12.9. The molecular weight excluding hydrogens is 319 g/mol. The van der Waals surface area contributed by atoms with Crippen LogP contribution in [-0.2, 0) is 0 Å². The number of nitrogens with zero attached hydrogens (tertiary/aromatic N) is 2. The van der Waals surface area contributed by atoms with Crippen LogP contribution in [-0.4, -0.2) is 24.0 Å². The van der Waals surface area contributed by atoms with Crippen LogP contribution in [0, 0.1) is 17.5 Å². The van der Waals surface area contributed by atoms with Gasteiger partial charge < -0.3 is 10.2 Å². The van der Waals surface area contributed by atoms with Crippen LogP contribution in [0.25, 0.3) is 0 Å². The van der Waals surface area contributed by atoms with Crippen LogP contribution in [0.3, 0.4) is 0 Å². The summed E-state index contributed by atoms with van der Waals surface area (Å²) in [6.45, 7) is 1.93. The Morgan fingerprint density at radius 1 is 1.00 bits per heavy atom. The lowest BCUT2D eigenvalue weighted by Crippen LogP contribution is -2.29. The summed E-state index contributed by atoms with van der Waals surface area (Å²) >= 11 is 0. The fourth-order valence-corrected chi connectivity index (χ4v) is 2.68. The van der Waals surface area contributed by atoms with Crippen LogP contribution in [0.5, 0.6) is 0 Å². The molecule has 0 atom stereocenters. The minimum atomic E-state index is -1.67. The Bertz CT molecular complexity index is 743. The first-order valence-corrected chi connectivity index (χ1v) is 7.72. The van der Waals surface area contributed by atoms with Gasteiger partial charge in [-0.2, -0.15) is 0 Å². The summed E-state index contributed by atoms with van der Waals surface area (Å²) in [5.41, 5.74) is 0.377. The second kappa shape index (κ2) is 6.90. The van der Waals surface area contributed by atoms with Crippen molar-refractivity contribution in [1.82, 2.24) is 4.98 Å². The Morgan fingerprint density at radius 2 is 1.75 bits per heavy atom. The number of carbonyl (C=O) groups is 1. The molecule has 0 unspecified atom stereocenters. The van der Waals surface area contributed by atoms with E-state index in [1.807, 2.05) is 6.07 Å². The first kappa shape index (κ1) is 16.3.